The summed E-state index contributed by atoms with van der Waals surface area (Å²) in [5.74, 6) is 1.05. The second-order valence-electron chi connectivity index (χ2n) is 3.39. The first-order valence-corrected chi connectivity index (χ1v) is 4.62. The first-order valence-electron chi connectivity index (χ1n) is 4.62. The van der Waals surface area contributed by atoms with Gasteiger partial charge in [-0.25, -0.2) is 4.98 Å². The molecule has 2 rings (SSSR count). The molecule has 1 aromatic rings. The molecule has 1 heterocycles. The van der Waals surface area contributed by atoms with Gasteiger partial charge in [0.15, 0.2) is 0 Å². The van der Waals surface area contributed by atoms with Crippen LogP contribution in [-0.4, -0.2) is 22.7 Å². The SMILES string of the molecule is COCn1ccnc1CNC1CC1. The third-order valence-corrected chi connectivity index (χ3v) is 2.20. The van der Waals surface area contributed by atoms with E-state index in [1.54, 1.807) is 7.11 Å². The molecule has 0 spiro atoms. The molecule has 0 amide bonds. The van der Waals surface area contributed by atoms with Crippen molar-refractivity contribution in [3.63, 3.8) is 0 Å². The second-order valence-corrected chi connectivity index (χ2v) is 3.39. The largest absolute Gasteiger partial charge is 0.364 e. The molecule has 1 fully saturated rings. The molecule has 72 valence electrons. The Labute approximate surface area is 77.9 Å². The van der Waals surface area contributed by atoms with Gasteiger partial charge in [0.1, 0.15) is 12.6 Å². The topological polar surface area (TPSA) is 39.1 Å². The normalized spacial score (nSPS) is 16.4. The highest BCUT2D eigenvalue weighted by Gasteiger charge is 2.20. The number of rotatable bonds is 5. The van der Waals surface area contributed by atoms with E-state index in [-0.39, 0.29) is 0 Å². The number of nitrogens with one attached hydrogen (secondary N) is 1. The zero-order valence-electron chi connectivity index (χ0n) is 7.86. The summed E-state index contributed by atoms with van der Waals surface area (Å²) in [5, 5.41) is 3.42. The van der Waals surface area contributed by atoms with Crippen LogP contribution in [0.2, 0.25) is 0 Å². The van der Waals surface area contributed by atoms with Crippen LogP contribution in [0.1, 0.15) is 18.7 Å². The molecule has 0 aromatic carbocycles. The fraction of sp³-hybridized carbons (Fsp3) is 0.667. The van der Waals surface area contributed by atoms with E-state index in [9.17, 15) is 0 Å². The molecule has 0 radical (unpaired) electrons. The molecular weight excluding hydrogens is 166 g/mol. The first kappa shape index (κ1) is 8.72. The molecule has 1 aliphatic rings. The zero-order valence-corrected chi connectivity index (χ0v) is 7.86. The molecule has 0 aliphatic heterocycles. The van der Waals surface area contributed by atoms with Crippen molar-refractivity contribution >= 4 is 0 Å². The Morgan fingerprint density at radius 2 is 2.54 bits per heavy atom. The Bertz CT molecular complexity index is 268. The van der Waals surface area contributed by atoms with Gasteiger partial charge >= 0.3 is 0 Å². The monoisotopic (exact) mass is 181 g/mol. The Balaban J connectivity index is 1.88. The summed E-state index contributed by atoms with van der Waals surface area (Å²) in [6.07, 6.45) is 6.37. The van der Waals surface area contributed by atoms with Crippen molar-refractivity contribution < 1.29 is 4.74 Å². The summed E-state index contributed by atoms with van der Waals surface area (Å²) in [6, 6.07) is 0.729. The van der Waals surface area contributed by atoms with Crippen molar-refractivity contribution in [2.45, 2.75) is 32.2 Å². The minimum Gasteiger partial charge on any atom is -0.364 e. The Kier molecular flexibility index (Phi) is 2.61. The Morgan fingerprint density at radius 3 is 3.23 bits per heavy atom. The highest BCUT2D eigenvalue weighted by atomic mass is 16.5. The standard InChI is InChI=1S/C9H15N3O/c1-13-7-12-5-4-10-9(12)6-11-8-2-3-8/h4-5,8,11H,2-3,6-7H2,1H3. The number of ether oxygens (including phenoxy) is 1. The quantitative estimate of drug-likeness (QED) is 0.728. The van der Waals surface area contributed by atoms with Gasteiger partial charge < -0.3 is 14.6 Å². The summed E-state index contributed by atoms with van der Waals surface area (Å²) in [6.45, 7) is 1.43. The van der Waals surface area contributed by atoms with Gasteiger partial charge in [-0.3, -0.25) is 0 Å². The molecule has 13 heavy (non-hydrogen) atoms. The van der Waals surface area contributed by atoms with Crippen LogP contribution in [0.15, 0.2) is 12.4 Å². The molecule has 0 bridgehead atoms. The minimum absolute atomic E-state index is 0.585. The van der Waals surface area contributed by atoms with Gasteiger partial charge in [0.2, 0.25) is 0 Å². The number of nitrogens with zero attached hydrogens (tertiary/aromatic N) is 2. The van der Waals surface area contributed by atoms with Gasteiger partial charge in [0, 0.05) is 25.5 Å². The fourth-order valence-corrected chi connectivity index (χ4v) is 1.29. The number of hydrogen-bond donors (Lipinski definition) is 1. The maximum Gasteiger partial charge on any atom is 0.124 e. The molecular formula is C9H15N3O. The van der Waals surface area contributed by atoms with Gasteiger partial charge in [-0.1, -0.05) is 0 Å². The second kappa shape index (κ2) is 3.89. The first-order chi connectivity index (χ1) is 6.40. The molecule has 1 aromatic heterocycles. The average Bonchev–Trinajstić information content (AvgIpc) is 2.86. The fourth-order valence-electron chi connectivity index (χ4n) is 1.29. The van der Waals surface area contributed by atoms with Crippen molar-refractivity contribution in [3.05, 3.63) is 18.2 Å². The molecule has 0 saturated heterocycles. The number of imidazole rings is 1. The average molecular weight is 181 g/mol. The lowest BCUT2D eigenvalue weighted by molar-refractivity contribution is 0.128. The van der Waals surface area contributed by atoms with Gasteiger partial charge in [0.05, 0.1) is 6.54 Å². The highest BCUT2D eigenvalue weighted by Crippen LogP contribution is 2.18. The minimum atomic E-state index is 0.585. The predicted octanol–water partition coefficient (Wildman–Crippen LogP) is 0.739. The Morgan fingerprint density at radius 1 is 1.69 bits per heavy atom. The van der Waals surface area contributed by atoms with Crippen LogP contribution in [-0.2, 0) is 18.0 Å². The molecule has 1 N–H and O–H groups in total. The van der Waals surface area contributed by atoms with E-state index in [1.807, 2.05) is 17.0 Å². The number of methoxy groups -OCH3 is 1. The van der Waals surface area contributed by atoms with E-state index in [4.69, 9.17) is 4.74 Å². The maximum absolute atomic E-state index is 5.04. The third kappa shape index (κ3) is 2.29. The van der Waals surface area contributed by atoms with Crippen LogP contribution in [0.5, 0.6) is 0 Å². The van der Waals surface area contributed by atoms with Crippen LogP contribution in [0.4, 0.5) is 0 Å². The van der Waals surface area contributed by atoms with Crippen LogP contribution in [0.3, 0.4) is 0 Å². The van der Waals surface area contributed by atoms with E-state index in [2.05, 4.69) is 10.3 Å². The van der Waals surface area contributed by atoms with E-state index >= 15 is 0 Å². The molecule has 0 unspecified atom stereocenters. The smallest absolute Gasteiger partial charge is 0.124 e. The van der Waals surface area contributed by atoms with Crippen molar-refractivity contribution in [1.82, 2.24) is 14.9 Å². The van der Waals surface area contributed by atoms with Gasteiger partial charge in [0.25, 0.3) is 0 Å². The van der Waals surface area contributed by atoms with E-state index in [0.717, 1.165) is 18.4 Å². The van der Waals surface area contributed by atoms with Crippen molar-refractivity contribution in [1.29, 1.82) is 0 Å². The highest BCUT2D eigenvalue weighted by molar-refractivity contribution is 4.93. The lowest BCUT2D eigenvalue weighted by atomic mass is 10.5. The summed E-state index contributed by atoms with van der Waals surface area (Å²) < 4.78 is 7.05. The van der Waals surface area contributed by atoms with E-state index in [0.29, 0.717) is 6.73 Å². The van der Waals surface area contributed by atoms with Crippen LogP contribution >= 0.6 is 0 Å². The van der Waals surface area contributed by atoms with Crippen molar-refractivity contribution in [2.75, 3.05) is 7.11 Å². The summed E-state index contributed by atoms with van der Waals surface area (Å²) in [4.78, 5) is 4.26. The van der Waals surface area contributed by atoms with Crippen LogP contribution < -0.4 is 5.32 Å². The van der Waals surface area contributed by atoms with Gasteiger partial charge in [-0.15, -0.1) is 0 Å². The molecule has 1 aliphatic carbocycles. The Hall–Kier alpha value is -0.870. The lowest BCUT2D eigenvalue weighted by Gasteiger charge is -2.06. The molecule has 4 heteroatoms. The lowest BCUT2D eigenvalue weighted by Crippen LogP contribution is -2.19. The molecule has 0 atom stereocenters. The number of aromatic nitrogens is 2. The zero-order chi connectivity index (χ0) is 9.10. The summed E-state index contributed by atoms with van der Waals surface area (Å²) >= 11 is 0. The summed E-state index contributed by atoms with van der Waals surface area (Å²) in [7, 11) is 1.69. The molecule has 1 saturated carbocycles. The molecule has 4 nitrogen and oxygen atoms in total. The maximum atomic E-state index is 5.04. The van der Waals surface area contributed by atoms with Crippen molar-refractivity contribution in [2.24, 2.45) is 0 Å². The number of hydrogen-bond acceptors (Lipinski definition) is 3. The van der Waals surface area contributed by atoms with Crippen LogP contribution in [0.25, 0.3) is 0 Å². The van der Waals surface area contributed by atoms with Crippen molar-refractivity contribution in [3.8, 4) is 0 Å². The van der Waals surface area contributed by atoms with Gasteiger partial charge in [-0.05, 0) is 12.8 Å². The van der Waals surface area contributed by atoms with E-state index in [1.165, 1.54) is 12.8 Å². The van der Waals surface area contributed by atoms with Gasteiger partial charge in [-0.2, -0.15) is 0 Å². The summed E-state index contributed by atoms with van der Waals surface area (Å²) in [5.41, 5.74) is 0. The predicted molar refractivity (Wildman–Crippen MR) is 49.1 cm³/mol. The van der Waals surface area contributed by atoms with Crippen LogP contribution in [0, 0.1) is 0 Å². The third-order valence-electron chi connectivity index (χ3n) is 2.20. The van der Waals surface area contributed by atoms with E-state index < -0.39 is 0 Å².